The van der Waals surface area contributed by atoms with E-state index in [2.05, 4.69) is 21.6 Å². The fourth-order valence-corrected chi connectivity index (χ4v) is 6.68. The Balaban J connectivity index is 1.49. The zero-order chi connectivity index (χ0) is 25.3. The van der Waals surface area contributed by atoms with Crippen LogP contribution in [0.3, 0.4) is 0 Å². The number of aryl methyl sites for hydroxylation is 1. The summed E-state index contributed by atoms with van der Waals surface area (Å²) in [5, 5.41) is 10.6. The Hall–Kier alpha value is -2.80. The highest BCUT2D eigenvalue weighted by Gasteiger charge is 2.31. The Morgan fingerprint density at radius 1 is 1.34 bits per heavy atom. The first kappa shape index (κ1) is 25.3. The van der Waals surface area contributed by atoms with Crippen molar-refractivity contribution in [2.75, 3.05) is 7.11 Å². The molecule has 1 aliphatic carbocycles. The van der Waals surface area contributed by atoms with Gasteiger partial charge in [-0.15, -0.1) is 11.3 Å². The lowest BCUT2D eigenvalue weighted by Gasteiger charge is -2.20. The number of H-pyrrole nitrogens is 1. The maximum Gasteiger partial charge on any atom is 0.327 e. The number of carbonyl (C=O) groups is 1. The summed E-state index contributed by atoms with van der Waals surface area (Å²) >= 11 is 1.47. The molecule has 12 heteroatoms. The van der Waals surface area contributed by atoms with Crippen molar-refractivity contribution in [1.82, 2.24) is 14.7 Å². The number of benzene rings is 1. The lowest BCUT2D eigenvalue weighted by Crippen LogP contribution is -2.48. The molecule has 1 aliphatic rings. The number of fused-ring (bicyclic) bond motifs is 3. The smallest absolute Gasteiger partial charge is 0.327 e. The minimum Gasteiger partial charge on any atom is -0.497 e. The quantitative estimate of drug-likeness (QED) is 0.381. The molecule has 3 N–H and O–H groups in total. The van der Waals surface area contributed by atoms with E-state index in [0.717, 1.165) is 29.7 Å². The molecule has 0 aliphatic heterocycles. The maximum atomic E-state index is 12.7. The van der Waals surface area contributed by atoms with Crippen molar-refractivity contribution in [3.8, 4) is 5.75 Å². The Morgan fingerprint density at radius 3 is 2.71 bits per heavy atom. The number of aromatic amines is 1. The number of ether oxygens (including phenoxy) is 2. The lowest BCUT2D eigenvalue weighted by atomic mass is 9.89. The van der Waals surface area contributed by atoms with Crippen LogP contribution < -0.4 is 15.0 Å². The summed E-state index contributed by atoms with van der Waals surface area (Å²) < 4.78 is 37.8. The number of aromatic nitrogens is 2. The fraction of sp³-hybridized carbons (Fsp3) is 0.435. The number of hydrogen-bond donors (Lipinski definition) is 3. The van der Waals surface area contributed by atoms with Gasteiger partial charge in [-0.1, -0.05) is 6.92 Å². The molecule has 0 unspecified atom stereocenters. The first-order valence-corrected chi connectivity index (χ1v) is 13.4. The van der Waals surface area contributed by atoms with Crippen molar-refractivity contribution in [3.05, 3.63) is 50.9 Å². The van der Waals surface area contributed by atoms with Crippen LogP contribution in [-0.2, 0) is 39.0 Å². The van der Waals surface area contributed by atoms with E-state index in [-0.39, 0.29) is 22.9 Å². The molecule has 1 aromatic carbocycles. The zero-order valence-corrected chi connectivity index (χ0v) is 21.2. The predicted molar refractivity (Wildman–Crippen MR) is 130 cm³/mol. The number of esters is 1. The fourth-order valence-electron chi connectivity index (χ4n) is 4.02. The number of rotatable bonds is 8. The predicted octanol–water partition coefficient (Wildman–Crippen LogP) is 1.89. The Kier molecular flexibility index (Phi) is 7.27. The van der Waals surface area contributed by atoms with Crippen LogP contribution in [0.5, 0.6) is 5.75 Å². The van der Waals surface area contributed by atoms with E-state index in [9.17, 15) is 23.1 Å². The van der Waals surface area contributed by atoms with Gasteiger partial charge in [0.1, 0.15) is 29.1 Å². The van der Waals surface area contributed by atoms with E-state index in [1.807, 2.05) is 0 Å². The van der Waals surface area contributed by atoms with Gasteiger partial charge in [-0.3, -0.25) is 9.59 Å². The van der Waals surface area contributed by atoms with Gasteiger partial charge >= 0.3 is 5.97 Å². The molecule has 10 nitrogen and oxygen atoms in total. The molecule has 0 bridgehead atoms. The van der Waals surface area contributed by atoms with Gasteiger partial charge in [-0.2, -0.15) is 4.72 Å². The average Bonchev–Trinajstić information content (AvgIpc) is 3.18. The second kappa shape index (κ2) is 10.1. The number of methoxy groups -OCH3 is 1. The molecule has 3 aromatic rings. The highest BCUT2D eigenvalue weighted by Crippen LogP contribution is 2.35. The lowest BCUT2D eigenvalue weighted by molar-refractivity contribution is -0.149. The molecule has 0 amide bonds. The molecule has 0 saturated heterocycles. The SMILES string of the molecule is COc1ccc(S(=O)(=O)N[C@@H](C(=O)OCc2nc3sc4c(c3c(=O)[nH]2)CC[C@H](C)C4)[C@@H](C)O)cc1. The summed E-state index contributed by atoms with van der Waals surface area (Å²) in [6.07, 6.45) is 1.38. The van der Waals surface area contributed by atoms with E-state index in [1.165, 1.54) is 49.6 Å². The molecule has 4 rings (SSSR count). The van der Waals surface area contributed by atoms with Crippen LogP contribution >= 0.6 is 11.3 Å². The molecule has 2 aromatic heterocycles. The Bertz CT molecular complexity index is 1390. The van der Waals surface area contributed by atoms with Gasteiger partial charge < -0.3 is 19.6 Å². The third-order valence-electron chi connectivity index (χ3n) is 5.95. The molecule has 2 heterocycles. The number of aliphatic hydroxyl groups is 1. The van der Waals surface area contributed by atoms with Gasteiger partial charge in [-0.05, 0) is 61.9 Å². The van der Waals surface area contributed by atoms with Crippen molar-refractivity contribution in [1.29, 1.82) is 0 Å². The van der Waals surface area contributed by atoms with E-state index >= 15 is 0 Å². The highest BCUT2D eigenvalue weighted by atomic mass is 32.2. The zero-order valence-electron chi connectivity index (χ0n) is 19.5. The van der Waals surface area contributed by atoms with Crippen LogP contribution in [0, 0.1) is 5.92 Å². The van der Waals surface area contributed by atoms with Crippen LogP contribution in [0.4, 0.5) is 0 Å². The van der Waals surface area contributed by atoms with Crippen LogP contribution in [0.25, 0.3) is 10.2 Å². The van der Waals surface area contributed by atoms with Crippen molar-refractivity contribution in [3.63, 3.8) is 0 Å². The first-order chi connectivity index (χ1) is 16.6. The molecule has 0 radical (unpaired) electrons. The number of nitrogens with one attached hydrogen (secondary N) is 2. The van der Waals surface area contributed by atoms with Crippen molar-refractivity contribution in [2.24, 2.45) is 5.92 Å². The van der Waals surface area contributed by atoms with Crippen molar-refractivity contribution < 1.29 is 27.8 Å². The summed E-state index contributed by atoms with van der Waals surface area (Å²) in [6.45, 7) is 3.07. The van der Waals surface area contributed by atoms with Crippen LogP contribution in [0.15, 0.2) is 34.0 Å². The van der Waals surface area contributed by atoms with Crippen LogP contribution in [0.2, 0.25) is 0 Å². The minimum absolute atomic E-state index is 0.107. The third kappa shape index (κ3) is 5.40. The first-order valence-electron chi connectivity index (χ1n) is 11.1. The number of thiophene rings is 1. The molecule has 0 fully saturated rings. The number of nitrogens with zero attached hydrogens (tertiary/aromatic N) is 1. The number of sulfonamides is 1. The van der Waals surface area contributed by atoms with Gasteiger partial charge in [-0.25, -0.2) is 13.4 Å². The normalized spacial score (nSPS) is 17.5. The molecular weight excluding hydrogens is 494 g/mol. The number of hydrogen-bond acceptors (Lipinski definition) is 9. The monoisotopic (exact) mass is 521 g/mol. The van der Waals surface area contributed by atoms with E-state index < -0.39 is 28.1 Å². The summed E-state index contributed by atoms with van der Waals surface area (Å²) in [5.41, 5.74) is 0.753. The second-order valence-corrected chi connectivity index (χ2v) is 11.5. The number of aliphatic hydroxyl groups excluding tert-OH is 1. The molecule has 0 saturated carbocycles. The molecular formula is C23H27N3O7S2. The third-order valence-corrected chi connectivity index (χ3v) is 8.56. The van der Waals surface area contributed by atoms with Gasteiger partial charge in [0, 0.05) is 4.88 Å². The Labute approximate surface area is 206 Å². The average molecular weight is 522 g/mol. The van der Waals surface area contributed by atoms with Crippen molar-refractivity contribution >= 4 is 37.5 Å². The van der Waals surface area contributed by atoms with Crippen molar-refractivity contribution in [2.45, 2.75) is 56.8 Å². The summed E-state index contributed by atoms with van der Waals surface area (Å²) in [5.74, 6) is 0.160. The van der Waals surface area contributed by atoms with E-state index in [0.29, 0.717) is 21.9 Å². The van der Waals surface area contributed by atoms with E-state index in [4.69, 9.17) is 9.47 Å². The largest absolute Gasteiger partial charge is 0.497 e. The number of carbonyl (C=O) groups excluding carboxylic acids is 1. The van der Waals surface area contributed by atoms with E-state index in [1.54, 1.807) is 0 Å². The Morgan fingerprint density at radius 2 is 2.06 bits per heavy atom. The molecule has 0 spiro atoms. The molecule has 35 heavy (non-hydrogen) atoms. The summed E-state index contributed by atoms with van der Waals surface area (Å²) in [7, 11) is -2.69. The molecule has 3 atom stereocenters. The minimum atomic E-state index is -4.14. The van der Waals surface area contributed by atoms with Gasteiger partial charge in [0.25, 0.3) is 5.56 Å². The molecule has 188 valence electrons. The van der Waals surface area contributed by atoms with Crippen LogP contribution in [-0.4, -0.2) is 48.7 Å². The second-order valence-electron chi connectivity index (χ2n) is 8.67. The van der Waals surface area contributed by atoms with Gasteiger partial charge in [0.15, 0.2) is 0 Å². The summed E-state index contributed by atoms with van der Waals surface area (Å²) in [6, 6.07) is 4.00. The van der Waals surface area contributed by atoms with Gasteiger partial charge in [0.2, 0.25) is 10.0 Å². The van der Waals surface area contributed by atoms with Crippen LogP contribution in [0.1, 0.15) is 36.5 Å². The standard InChI is InChI=1S/C23H27N3O7S2/c1-12-4-9-16-17(10-12)34-22-19(16)21(28)24-18(25-22)11-33-23(29)20(13(2)27)26-35(30,31)15-7-5-14(32-3)6-8-15/h5-8,12-13,20,26-27H,4,9-11H2,1-3H3,(H,24,25,28)/t12-,13+,20+/m0/s1. The summed E-state index contributed by atoms with van der Waals surface area (Å²) in [4.78, 5) is 34.1. The highest BCUT2D eigenvalue weighted by molar-refractivity contribution is 7.89. The maximum absolute atomic E-state index is 12.7. The topological polar surface area (TPSA) is 148 Å². The van der Waals surface area contributed by atoms with Gasteiger partial charge in [0.05, 0.1) is 23.5 Å².